The van der Waals surface area contributed by atoms with E-state index in [-0.39, 0.29) is 11.5 Å². The van der Waals surface area contributed by atoms with Gasteiger partial charge in [0.05, 0.1) is 6.61 Å². The molecule has 1 N–H and O–H groups in total. The number of hydrogen-bond acceptors (Lipinski definition) is 4. The number of carbonyl (C=O) groups excluding carboxylic acids is 1. The lowest BCUT2D eigenvalue weighted by Crippen LogP contribution is -2.62. The summed E-state index contributed by atoms with van der Waals surface area (Å²) in [4.78, 5) is 14.8. The van der Waals surface area contributed by atoms with Crippen LogP contribution in [0.1, 0.15) is 33.1 Å². The van der Waals surface area contributed by atoms with Crippen LogP contribution in [0.3, 0.4) is 0 Å². The zero-order chi connectivity index (χ0) is 12.3. The quantitative estimate of drug-likeness (QED) is 0.748. The third kappa shape index (κ3) is 2.20. The van der Waals surface area contributed by atoms with Crippen molar-refractivity contribution in [3.8, 4) is 0 Å². The molecule has 0 spiro atoms. The minimum absolute atomic E-state index is 0.00639. The Morgan fingerprint density at radius 3 is 2.71 bits per heavy atom. The van der Waals surface area contributed by atoms with Gasteiger partial charge in [0.2, 0.25) is 0 Å². The van der Waals surface area contributed by atoms with Crippen molar-refractivity contribution in [1.82, 2.24) is 10.2 Å². The normalized spacial score (nSPS) is 34.8. The molecule has 2 unspecified atom stereocenters. The SMILES string of the molecule is CCOC(=O)C1(N2CCNCC2)CCCC1C. The van der Waals surface area contributed by atoms with Crippen LogP contribution < -0.4 is 5.32 Å². The molecule has 4 nitrogen and oxygen atoms in total. The first-order valence-electron chi connectivity index (χ1n) is 6.85. The maximum absolute atomic E-state index is 12.4. The zero-order valence-electron chi connectivity index (χ0n) is 11.0. The van der Waals surface area contributed by atoms with Gasteiger partial charge in [0.15, 0.2) is 0 Å². The molecule has 0 aromatic heterocycles. The Hall–Kier alpha value is -0.610. The van der Waals surface area contributed by atoms with Crippen LogP contribution in [0.4, 0.5) is 0 Å². The van der Waals surface area contributed by atoms with Crippen LogP contribution in [0.15, 0.2) is 0 Å². The van der Waals surface area contributed by atoms with Crippen LogP contribution in [0.25, 0.3) is 0 Å². The van der Waals surface area contributed by atoms with Gasteiger partial charge in [-0.3, -0.25) is 9.69 Å². The van der Waals surface area contributed by atoms with Crippen LogP contribution in [0.2, 0.25) is 0 Å². The van der Waals surface area contributed by atoms with Gasteiger partial charge in [-0.15, -0.1) is 0 Å². The monoisotopic (exact) mass is 240 g/mol. The average molecular weight is 240 g/mol. The van der Waals surface area contributed by atoms with E-state index >= 15 is 0 Å². The van der Waals surface area contributed by atoms with Gasteiger partial charge >= 0.3 is 5.97 Å². The Labute approximate surface area is 104 Å². The van der Waals surface area contributed by atoms with Crippen LogP contribution in [0.5, 0.6) is 0 Å². The third-order valence-electron chi connectivity index (χ3n) is 4.32. The molecular formula is C13H24N2O2. The van der Waals surface area contributed by atoms with E-state index in [1.807, 2.05) is 6.92 Å². The van der Waals surface area contributed by atoms with Gasteiger partial charge in [-0.2, -0.15) is 0 Å². The van der Waals surface area contributed by atoms with E-state index in [1.165, 1.54) is 0 Å². The van der Waals surface area contributed by atoms with Crippen LogP contribution in [0, 0.1) is 5.92 Å². The highest BCUT2D eigenvalue weighted by atomic mass is 16.5. The number of nitrogens with one attached hydrogen (secondary N) is 1. The van der Waals surface area contributed by atoms with Crippen molar-refractivity contribution >= 4 is 5.97 Å². The first-order valence-corrected chi connectivity index (χ1v) is 6.85. The van der Waals surface area contributed by atoms with Crippen molar-refractivity contribution in [2.24, 2.45) is 5.92 Å². The highest BCUT2D eigenvalue weighted by Crippen LogP contribution is 2.41. The van der Waals surface area contributed by atoms with Gasteiger partial charge in [0.25, 0.3) is 0 Å². The van der Waals surface area contributed by atoms with Crippen molar-refractivity contribution in [2.75, 3.05) is 32.8 Å². The van der Waals surface area contributed by atoms with E-state index in [0.29, 0.717) is 12.5 Å². The predicted octanol–water partition coefficient (Wildman–Crippen LogP) is 1.01. The Morgan fingerprint density at radius 2 is 2.18 bits per heavy atom. The summed E-state index contributed by atoms with van der Waals surface area (Å²) in [5.74, 6) is 0.423. The fourth-order valence-electron chi connectivity index (χ4n) is 3.38. The molecule has 0 bridgehead atoms. The number of piperazine rings is 1. The third-order valence-corrected chi connectivity index (χ3v) is 4.32. The lowest BCUT2D eigenvalue weighted by Gasteiger charge is -2.44. The van der Waals surface area contributed by atoms with Crippen molar-refractivity contribution < 1.29 is 9.53 Å². The van der Waals surface area contributed by atoms with Gasteiger partial charge in [-0.1, -0.05) is 13.3 Å². The number of ether oxygens (including phenoxy) is 1. The van der Waals surface area contributed by atoms with E-state index in [2.05, 4.69) is 17.1 Å². The second-order valence-corrected chi connectivity index (χ2v) is 5.18. The van der Waals surface area contributed by atoms with Crippen molar-refractivity contribution in [2.45, 2.75) is 38.6 Å². The molecule has 1 aliphatic heterocycles. The molecule has 17 heavy (non-hydrogen) atoms. The Bertz CT molecular complexity index is 277. The second kappa shape index (κ2) is 5.36. The molecule has 1 heterocycles. The molecule has 0 aromatic rings. The minimum Gasteiger partial charge on any atom is -0.465 e. The maximum atomic E-state index is 12.4. The molecule has 2 atom stereocenters. The van der Waals surface area contributed by atoms with E-state index in [4.69, 9.17) is 4.74 Å². The summed E-state index contributed by atoms with van der Waals surface area (Å²) >= 11 is 0. The van der Waals surface area contributed by atoms with Gasteiger partial charge in [-0.05, 0) is 25.7 Å². The summed E-state index contributed by atoms with van der Waals surface area (Å²) < 4.78 is 5.35. The van der Waals surface area contributed by atoms with Crippen LogP contribution >= 0.6 is 0 Å². The Balaban J connectivity index is 2.19. The van der Waals surface area contributed by atoms with E-state index < -0.39 is 0 Å². The van der Waals surface area contributed by atoms with E-state index in [0.717, 1.165) is 45.4 Å². The lowest BCUT2D eigenvalue weighted by atomic mass is 9.85. The summed E-state index contributed by atoms with van der Waals surface area (Å²) in [6.45, 7) is 8.46. The molecule has 2 rings (SSSR count). The maximum Gasteiger partial charge on any atom is 0.326 e. The molecule has 4 heteroatoms. The number of rotatable bonds is 3. The smallest absolute Gasteiger partial charge is 0.326 e. The van der Waals surface area contributed by atoms with E-state index in [1.54, 1.807) is 0 Å². The molecule has 2 aliphatic rings. The summed E-state index contributed by atoms with van der Waals surface area (Å²) in [5.41, 5.74) is -0.335. The Kier molecular flexibility index (Phi) is 4.05. The summed E-state index contributed by atoms with van der Waals surface area (Å²) in [6, 6.07) is 0. The minimum atomic E-state index is -0.335. The van der Waals surface area contributed by atoms with Gasteiger partial charge in [0, 0.05) is 26.2 Å². The highest BCUT2D eigenvalue weighted by molar-refractivity contribution is 5.81. The molecule has 1 saturated heterocycles. The number of nitrogens with zero attached hydrogens (tertiary/aromatic N) is 1. The standard InChI is InChI=1S/C13H24N2O2/c1-3-17-12(16)13(6-4-5-11(13)2)15-9-7-14-8-10-15/h11,14H,3-10H2,1-2H3. The topological polar surface area (TPSA) is 41.6 Å². The highest BCUT2D eigenvalue weighted by Gasteiger charge is 2.52. The fourth-order valence-corrected chi connectivity index (χ4v) is 3.38. The Morgan fingerprint density at radius 1 is 1.47 bits per heavy atom. The molecule has 0 aromatic carbocycles. The summed E-state index contributed by atoms with van der Waals surface area (Å²) in [6.07, 6.45) is 3.25. The molecule has 0 amide bonds. The van der Waals surface area contributed by atoms with Gasteiger partial charge < -0.3 is 10.1 Å². The molecule has 1 saturated carbocycles. The predicted molar refractivity (Wildman–Crippen MR) is 66.8 cm³/mol. The van der Waals surface area contributed by atoms with Crippen molar-refractivity contribution in [1.29, 1.82) is 0 Å². The molecular weight excluding hydrogens is 216 g/mol. The fraction of sp³-hybridized carbons (Fsp3) is 0.923. The first kappa shape index (κ1) is 12.8. The number of esters is 1. The molecule has 1 aliphatic carbocycles. The van der Waals surface area contributed by atoms with Gasteiger partial charge in [-0.25, -0.2) is 0 Å². The largest absolute Gasteiger partial charge is 0.465 e. The lowest BCUT2D eigenvalue weighted by molar-refractivity contribution is -0.161. The van der Waals surface area contributed by atoms with Crippen LogP contribution in [-0.2, 0) is 9.53 Å². The first-order chi connectivity index (χ1) is 8.21. The second-order valence-electron chi connectivity index (χ2n) is 5.18. The number of hydrogen-bond donors (Lipinski definition) is 1. The van der Waals surface area contributed by atoms with Crippen molar-refractivity contribution in [3.05, 3.63) is 0 Å². The zero-order valence-corrected chi connectivity index (χ0v) is 11.0. The van der Waals surface area contributed by atoms with E-state index in [9.17, 15) is 4.79 Å². The average Bonchev–Trinajstić information content (AvgIpc) is 2.73. The molecule has 2 fully saturated rings. The molecule has 98 valence electrons. The van der Waals surface area contributed by atoms with Crippen molar-refractivity contribution in [3.63, 3.8) is 0 Å². The van der Waals surface area contributed by atoms with Gasteiger partial charge in [0.1, 0.15) is 5.54 Å². The molecule has 0 radical (unpaired) electrons. The summed E-state index contributed by atoms with van der Waals surface area (Å²) in [7, 11) is 0. The van der Waals surface area contributed by atoms with Crippen LogP contribution in [-0.4, -0.2) is 49.2 Å². The summed E-state index contributed by atoms with van der Waals surface area (Å²) in [5, 5.41) is 3.35. The number of carbonyl (C=O) groups is 1.